The molecule has 6 heteroatoms. The molecule has 30 heavy (non-hydrogen) atoms. The van der Waals surface area contributed by atoms with Crippen molar-refractivity contribution >= 4 is 23.3 Å². The zero-order chi connectivity index (χ0) is 21.9. The summed E-state index contributed by atoms with van der Waals surface area (Å²) in [7, 11) is 0. The van der Waals surface area contributed by atoms with Crippen LogP contribution >= 0.6 is 0 Å². The SMILES string of the molecule is CCOC(=O)C1(C)CC(Nc2ccc(C)cc2)(C(=O)OCC)c2ccc(C)cc2N1. The van der Waals surface area contributed by atoms with E-state index in [0.29, 0.717) is 5.69 Å². The van der Waals surface area contributed by atoms with Gasteiger partial charge in [0, 0.05) is 23.4 Å². The monoisotopic (exact) mass is 410 g/mol. The number of carbonyl (C=O) groups is 2. The number of nitrogens with one attached hydrogen (secondary N) is 2. The van der Waals surface area contributed by atoms with Gasteiger partial charge < -0.3 is 20.1 Å². The normalized spacial score (nSPS) is 22.4. The van der Waals surface area contributed by atoms with Gasteiger partial charge in [0.2, 0.25) is 0 Å². The standard InChI is InChI=1S/C24H30N2O4/c1-6-29-21(27)23(5)15-24(22(28)30-7-2,25-18-11-8-16(3)9-12-18)19-13-10-17(4)14-20(19)26-23/h8-14,25-26H,6-7,15H2,1-5H3. The van der Waals surface area contributed by atoms with E-state index in [1.54, 1.807) is 20.8 Å². The van der Waals surface area contributed by atoms with Gasteiger partial charge in [-0.25, -0.2) is 9.59 Å². The molecule has 0 aliphatic carbocycles. The molecule has 0 spiro atoms. The van der Waals surface area contributed by atoms with Crippen molar-refractivity contribution in [3.05, 3.63) is 59.2 Å². The largest absolute Gasteiger partial charge is 0.464 e. The fourth-order valence-electron chi connectivity index (χ4n) is 4.00. The Balaban J connectivity index is 2.20. The van der Waals surface area contributed by atoms with Crippen LogP contribution in [0.15, 0.2) is 42.5 Å². The number of hydrogen-bond acceptors (Lipinski definition) is 6. The molecule has 1 heterocycles. The first-order valence-corrected chi connectivity index (χ1v) is 10.3. The molecule has 0 saturated carbocycles. The molecule has 2 aromatic rings. The van der Waals surface area contributed by atoms with Gasteiger partial charge in [-0.05, 0) is 58.4 Å². The lowest BCUT2D eigenvalue weighted by atomic mass is 9.73. The molecule has 0 bridgehead atoms. The van der Waals surface area contributed by atoms with Crippen molar-refractivity contribution in [3.63, 3.8) is 0 Å². The van der Waals surface area contributed by atoms with Crippen LogP contribution in [0.3, 0.4) is 0 Å². The Kier molecular flexibility index (Phi) is 6.06. The lowest BCUT2D eigenvalue weighted by Crippen LogP contribution is -2.59. The Morgan fingerprint density at radius 2 is 1.57 bits per heavy atom. The van der Waals surface area contributed by atoms with E-state index in [4.69, 9.17) is 9.47 Å². The Morgan fingerprint density at radius 1 is 0.967 bits per heavy atom. The number of carbonyl (C=O) groups excluding carboxylic acids is 2. The van der Waals surface area contributed by atoms with E-state index in [0.717, 1.165) is 22.4 Å². The van der Waals surface area contributed by atoms with Gasteiger partial charge in [-0.1, -0.05) is 29.8 Å². The molecule has 2 N–H and O–H groups in total. The van der Waals surface area contributed by atoms with Gasteiger partial charge >= 0.3 is 11.9 Å². The molecule has 0 saturated heterocycles. The van der Waals surface area contributed by atoms with Crippen LogP contribution < -0.4 is 10.6 Å². The summed E-state index contributed by atoms with van der Waals surface area (Å²) in [6.07, 6.45) is 0.140. The Hall–Kier alpha value is -3.02. The number of benzene rings is 2. The van der Waals surface area contributed by atoms with Crippen LogP contribution in [0.4, 0.5) is 11.4 Å². The van der Waals surface area contributed by atoms with Crippen LogP contribution in [0.5, 0.6) is 0 Å². The minimum atomic E-state index is -1.25. The van der Waals surface area contributed by atoms with E-state index < -0.39 is 23.0 Å². The van der Waals surface area contributed by atoms with Gasteiger partial charge in [-0.3, -0.25) is 0 Å². The lowest BCUT2D eigenvalue weighted by molar-refractivity contribution is -0.153. The van der Waals surface area contributed by atoms with Crippen LogP contribution in [0.1, 0.15) is 43.9 Å². The van der Waals surface area contributed by atoms with Crippen molar-refractivity contribution < 1.29 is 19.1 Å². The Labute approximate surface area is 178 Å². The summed E-state index contributed by atoms with van der Waals surface area (Å²) in [5.41, 5.74) is 2.00. The number of anilines is 2. The average Bonchev–Trinajstić information content (AvgIpc) is 2.69. The summed E-state index contributed by atoms with van der Waals surface area (Å²) in [5, 5.41) is 6.73. The van der Waals surface area contributed by atoms with E-state index in [-0.39, 0.29) is 19.6 Å². The molecule has 2 atom stereocenters. The molecule has 0 fully saturated rings. The predicted octanol–water partition coefficient (Wildman–Crippen LogP) is 4.31. The lowest BCUT2D eigenvalue weighted by Gasteiger charge is -2.46. The number of ether oxygens (including phenoxy) is 2. The Bertz CT molecular complexity index is 941. The van der Waals surface area contributed by atoms with E-state index >= 15 is 0 Å². The maximum absolute atomic E-state index is 13.4. The van der Waals surface area contributed by atoms with Crippen molar-refractivity contribution in [2.75, 3.05) is 23.8 Å². The van der Waals surface area contributed by atoms with E-state index in [1.165, 1.54) is 0 Å². The third-order valence-electron chi connectivity index (χ3n) is 5.42. The summed E-state index contributed by atoms with van der Waals surface area (Å²) in [4.78, 5) is 26.4. The first kappa shape index (κ1) is 21.7. The van der Waals surface area contributed by atoms with Crippen molar-refractivity contribution in [1.29, 1.82) is 0 Å². The van der Waals surface area contributed by atoms with Crippen molar-refractivity contribution in [2.45, 2.75) is 52.1 Å². The fraction of sp³-hybridized carbons (Fsp3) is 0.417. The maximum atomic E-state index is 13.4. The number of aryl methyl sites for hydroxylation is 2. The molecule has 2 unspecified atom stereocenters. The van der Waals surface area contributed by atoms with Crippen molar-refractivity contribution in [2.24, 2.45) is 0 Å². The van der Waals surface area contributed by atoms with E-state index in [9.17, 15) is 9.59 Å². The summed E-state index contributed by atoms with van der Waals surface area (Å²) in [6.45, 7) is 9.78. The molecule has 0 aromatic heterocycles. The topological polar surface area (TPSA) is 76.7 Å². The molecular formula is C24H30N2O4. The fourth-order valence-corrected chi connectivity index (χ4v) is 4.00. The van der Waals surface area contributed by atoms with Gasteiger partial charge in [0.15, 0.2) is 5.54 Å². The second-order valence-electron chi connectivity index (χ2n) is 8.02. The smallest absolute Gasteiger partial charge is 0.336 e. The highest BCUT2D eigenvalue weighted by Crippen LogP contribution is 2.45. The maximum Gasteiger partial charge on any atom is 0.336 e. The average molecular weight is 411 g/mol. The van der Waals surface area contributed by atoms with Gasteiger partial charge in [0.25, 0.3) is 0 Å². The zero-order valence-electron chi connectivity index (χ0n) is 18.3. The van der Waals surface area contributed by atoms with E-state index in [1.807, 2.05) is 56.3 Å². The van der Waals surface area contributed by atoms with Crippen LogP contribution in [-0.2, 0) is 24.6 Å². The van der Waals surface area contributed by atoms with Crippen LogP contribution in [0.2, 0.25) is 0 Å². The van der Waals surface area contributed by atoms with Gasteiger partial charge in [-0.15, -0.1) is 0 Å². The number of hydrogen-bond donors (Lipinski definition) is 2. The van der Waals surface area contributed by atoms with Crippen LogP contribution in [0.25, 0.3) is 0 Å². The second-order valence-corrected chi connectivity index (χ2v) is 8.02. The molecule has 2 aromatic carbocycles. The summed E-state index contributed by atoms with van der Waals surface area (Å²) in [6, 6.07) is 13.6. The van der Waals surface area contributed by atoms with Crippen molar-refractivity contribution in [1.82, 2.24) is 0 Å². The van der Waals surface area contributed by atoms with Crippen LogP contribution in [-0.4, -0.2) is 30.7 Å². The first-order chi connectivity index (χ1) is 14.2. The zero-order valence-corrected chi connectivity index (χ0v) is 18.3. The minimum absolute atomic E-state index is 0.140. The molecule has 1 aliphatic heterocycles. The second kappa shape index (κ2) is 8.38. The summed E-state index contributed by atoms with van der Waals surface area (Å²) in [5.74, 6) is -0.829. The highest BCUT2D eigenvalue weighted by molar-refractivity contribution is 5.95. The molecule has 1 aliphatic rings. The third kappa shape index (κ3) is 3.99. The van der Waals surface area contributed by atoms with Gasteiger partial charge in [0.05, 0.1) is 13.2 Å². The molecule has 6 nitrogen and oxygen atoms in total. The first-order valence-electron chi connectivity index (χ1n) is 10.3. The quantitative estimate of drug-likeness (QED) is 0.691. The third-order valence-corrected chi connectivity index (χ3v) is 5.42. The summed E-state index contributed by atoms with van der Waals surface area (Å²) < 4.78 is 10.9. The highest BCUT2D eigenvalue weighted by Gasteiger charge is 2.55. The van der Waals surface area contributed by atoms with Crippen LogP contribution in [0, 0.1) is 13.8 Å². The highest BCUT2D eigenvalue weighted by atomic mass is 16.5. The molecule has 0 radical (unpaired) electrons. The predicted molar refractivity (Wildman–Crippen MR) is 118 cm³/mol. The molecule has 160 valence electrons. The summed E-state index contributed by atoms with van der Waals surface area (Å²) >= 11 is 0. The number of esters is 2. The van der Waals surface area contributed by atoms with Gasteiger partial charge in [0.1, 0.15) is 5.54 Å². The Morgan fingerprint density at radius 3 is 2.20 bits per heavy atom. The van der Waals surface area contributed by atoms with Gasteiger partial charge in [-0.2, -0.15) is 0 Å². The van der Waals surface area contributed by atoms with Crippen molar-refractivity contribution in [3.8, 4) is 0 Å². The minimum Gasteiger partial charge on any atom is -0.464 e. The number of fused-ring (bicyclic) bond motifs is 1. The molecule has 0 amide bonds. The van der Waals surface area contributed by atoms with E-state index in [2.05, 4.69) is 10.6 Å². The molecule has 3 rings (SSSR count). The number of rotatable bonds is 6. The molecular weight excluding hydrogens is 380 g/mol.